The molecule has 0 fully saturated rings. The fraction of sp³-hybridized carbons (Fsp3) is 0.438. The molecule has 2 aromatic rings. The number of nitrogens with one attached hydrogen (secondary N) is 1. The smallest absolute Gasteiger partial charge is 0.119 e. The number of nitrogens with zero attached hydrogens (tertiary/aromatic N) is 1. The quantitative estimate of drug-likeness (QED) is 0.826. The normalized spacial score (nSPS) is 13.9. The van der Waals surface area contributed by atoms with Gasteiger partial charge >= 0.3 is 0 Å². The first-order chi connectivity index (χ1) is 10.0. The maximum atomic E-state index is 9.99. The van der Waals surface area contributed by atoms with Crippen LogP contribution in [0, 0.1) is 13.8 Å². The lowest BCUT2D eigenvalue weighted by Crippen LogP contribution is -2.33. The van der Waals surface area contributed by atoms with E-state index in [1.54, 1.807) is 17.5 Å². The minimum atomic E-state index is -0.548. The average molecular weight is 306 g/mol. The number of aromatic nitrogens is 1. The zero-order chi connectivity index (χ0) is 15.2. The van der Waals surface area contributed by atoms with E-state index in [-0.39, 0.29) is 12.6 Å². The van der Waals surface area contributed by atoms with E-state index in [2.05, 4.69) is 16.4 Å². The summed E-state index contributed by atoms with van der Waals surface area (Å²) in [6.45, 7) is 6.86. The van der Waals surface area contributed by atoms with E-state index in [1.165, 1.54) is 0 Å². The lowest BCUT2D eigenvalue weighted by molar-refractivity contribution is 0.104. The predicted molar refractivity (Wildman–Crippen MR) is 85.9 cm³/mol. The molecule has 114 valence electrons. The van der Waals surface area contributed by atoms with Crippen LogP contribution in [0.5, 0.6) is 5.75 Å². The summed E-state index contributed by atoms with van der Waals surface area (Å²) < 4.78 is 5.65. The number of ether oxygens (including phenoxy) is 1. The van der Waals surface area contributed by atoms with Crippen LogP contribution in [-0.2, 0) is 0 Å². The second-order valence-corrected chi connectivity index (χ2v) is 6.21. The van der Waals surface area contributed by atoms with Crippen molar-refractivity contribution in [3.63, 3.8) is 0 Å². The molecule has 1 aromatic carbocycles. The fourth-order valence-electron chi connectivity index (χ4n) is 2.12. The van der Waals surface area contributed by atoms with Gasteiger partial charge in [-0.05, 0) is 44.0 Å². The number of hydrogen-bond acceptors (Lipinski definition) is 5. The van der Waals surface area contributed by atoms with Crippen molar-refractivity contribution in [1.82, 2.24) is 10.3 Å². The minimum absolute atomic E-state index is 0.140. The Kier molecular flexibility index (Phi) is 5.73. The van der Waals surface area contributed by atoms with Crippen molar-refractivity contribution in [3.8, 4) is 5.75 Å². The SMILES string of the molecule is Cc1cc(C)cc(OCC(O)CNC(C)c2nccs2)c1. The molecule has 0 saturated carbocycles. The maximum Gasteiger partial charge on any atom is 0.119 e. The van der Waals surface area contributed by atoms with Crippen molar-refractivity contribution < 1.29 is 9.84 Å². The number of benzene rings is 1. The molecule has 0 aliphatic heterocycles. The Morgan fingerprint density at radius 3 is 2.62 bits per heavy atom. The molecule has 0 radical (unpaired) electrons. The first kappa shape index (κ1) is 15.9. The Morgan fingerprint density at radius 1 is 1.29 bits per heavy atom. The average Bonchev–Trinajstić information content (AvgIpc) is 2.95. The summed E-state index contributed by atoms with van der Waals surface area (Å²) in [5.74, 6) is 0.805. The first-order valence-electron chi connectivity index (χ1n) is 7.06. The molecular formula is C16H22N2O2S. The lowest BCUT2D eigenvalue weighted by atomic mass is 10.1. The van der Waals surface area contributed by atoms with Gasteiger partial charge in [-0.1, -0.05) is 6.07 Å². The molecule has 0 aliphatic carbocycles. The number of aliphatic hydroxyl groups is 1. The van der Waals surface area contributed by atoms with Gasteiger partial charge in [-0.15, -0.1) is 11.3 Å². The third-order valence-electron chi connectivity index (χ3n) is 3.12. The molecule has 2 atom stereocenters. The molecular weight excluding hydrogens is 284 g/mol. The predicted octanol–water partition coefficient (Wildman–Crippen LogP) is 2.85. The Bertz CT molecular complexity index is 537. The monoisotopic (exact) mass is 306 g/mol. The molecule has 0 spiro atoms. The molecule has 0 amide bonds. The molecule has 0 bridgehead atoms. The van der Waals surface area contributed by atoms with Crippen molar-refractivity contribution in [3.05, 3.63) is 45.9 Å². The largest absolute Gasteiger partial charge is 0.491 e. The number of hydrogen-bond donors (Lipinski definition) is 2. The molecule has 0 saturated heterocycles. The van der Waals surface area contributed by atoms with E-state index in [4.69, 9.17) is 4.74 Å². The van der Waals surface area contributed by atoms with Crippen LogP contribution in [0.25, 0.3) is 0 Å². The molecule has 21 heavy (non-hydrogen) atoms. The summed E-state index contributed by atoms with van der Waals surface area (Å²) in [4.78, 5) is 4.25. The highest BCUT2D eigenvalue weighted by atomic mass is 32.1. The maximum absolute atomic E-state index is 9.99. The number of aryl methyl sites for hydroxylation is 2. The molecule has 2 rings (SSSR count). The highest BCUT2D eigenvalue weighted by Crippen LogP contribution is 2.17. The van der Waals surface area contributed by atoms with Crippen molar-refractivity contribution in [2.75, 3.05) is 13.2 Å². The minimum Gasteiger partial charge on any atom is -0.491 e. The van der Waals surface area contributed by atoms with Crippen LogP contribution in [0.2, 0.25) is 0 Å². The van der Waals surface area contributed by atoms with Crippen LogP contribution >= 0.6 is 11.3 Å². The fourth-order valence-corrected chi connectivity index (χ4v) is 2.79. The van der Waals surface area contributed by atoms with E-state index in [1.807, 2.05) is 38.3 Å². The second kappa shape index (κ2) is 7.54. The highest BCUT2D eigenvalue weighted by Gasteiger charge is 2.11. The number of thiazole rings is 1. The summed E-state index contributed by atoms with van der Waals surface area (Å²) in [6, 6.07) is 6.19. The van der Waals surface area contributed by atoms with E-state index in [0.29, 0.717) is 6.54 Å². The van der Waals surface area contributed by atoms with Gasteiger partial charge in [0.05, 0.1) is 6.04 Å². The van der Waals surface area contributed by atoms with E-state index >= 15 is 0 Å². The van der Waals surface area contributed by atoms with Crippen LogP contribution in [0.1, 0.15) is 29.1 Å². The zero-order valence-electron chi connectivity index (χ0n) is 12.7. The third kappa shape index (κ3) is 5.12. The molecule has 2 N–H and O–H groups in total. The number of aliphatic hydroxyl groups excluding tert-OH is 1. The highest BCUT2D eigenvalue weighted by molar-refractivity contribution is 7.09. The van der Waals surface area contributed by atoms with Crippen molar-refractivity contribution >= 4 is 11.3 Å². The molecule has 1 heterocycles. The Morgan fingerprint density at radius 2 is 2.00 bits per heavy atom. The Labute approximate surface area is 129 Å². The van der Waals surface area contributed by atoms with E-state index < -0.39 is 6.10 Å². The van der Waals surface area contributed by atoms with Gasteiger partial charge in [0.2, 0.25) is 0 Å². The van der Waals surface area contributed by atoms with Crippen molar-refractivity contribution in [2.45, 2.75) is 32.9 Å². The standard InChI is InChI=1S/C16H22N2O2S/c1-11-6-12(2)8-15(7-11)20-10-14(19)9-18-13(3)16-17-4-5-21-16/h4-8,13-14,18-19H,9-10H2,1-3H3. The molecule has 0 aliphatic rings. The van der Waals surface area contributed by atoms with Gasteiger partial charge in [0.15, 0.2) is 0 Å². The van der Waals surface area contributed by atoms with Gasteiger partial charge in [-0.3, -0.25) is 0 Å². The second-order valence-electron chi connectivity index (χ2n) is 5.29. The van der Waals surface area contributed by atoms with Crippen molar-refractivity contribution in [2.24, 2.45) is 0 Å². The van der Waals surface area contributed by atoms with Gasteiger partial charge < -0.3 is 15.2 Å². The zero-order valence-corrected chi connectivity index (χ0v) is 13.5. The van der Waals surface area contributed by atoms with Crippen LogP contribution in [0.4, 0.5) is 0 Å². The molecule has 2 unspecified atom stereocenters. The van der Waals surface area contributed by atoms with E-state index in [0.717, 1.165) is 21.9 Å². The van der Waals surface area contributed by atoms with Gasteiger partial charge in [-0.2, -0.15) is 0 Å². The van der Waals surface area contributed by atoms with Crippen LogP contribution in [-0.4, -0.2) is 29.3 Å². The third-order valence-corrected chi connectivity index (χ3v) is 4.08. The van der Waals surface area contributed by atoms with E-state index in [9.17, 15) is 5.11 Å². The summed E-state index contributed by atoms with van der Waals surface area (Å²) in [6.07, 6.45) is 1.24. The molecule has 4 nitrogen and oxygen atoms in total. The summed E-state index contributed by atoms with van der Waals surface area (Å²) in [7, 11) is 0. The summed E-state index contributed by atoms with van der Waals surface area (Å²) >= 11 is 1.61. The summed E-state index contributed by atoms with van der Waals surface area (Å²) in [5, 5.41) is 16.2. The summed E-state index contributed by atoms with van der Waals surface area (Å²) in [5.41, 5.74) is 2.32. The lowest BCUT2D eigenvalue weighted by Gasteiger charge is -2.16. The van der Waals surface area contributed by atoms with Crippen LogP contribution in [0.3, 0.4) is 0 Å². The molecule has 5 heteroatoms. The first-order valence-corrected chi connectivity index (χ1v) is 7.94. The Hall–Kier alpha value is -1.43. The van der Waals surface area contributed by atoms with Crippen LogP contribution in [0.15, 0.2) is 29.8 Å². The Balaban J connectivity index is 1.75. The topological polar surface area (TPSA) is 54.4 Å². The van der Waals surface area contributed by atoms with Crippen molar-refractivity contribution in [1.29, 1.82) is 0 Å². The number of rotatable bonds is 7. The van der Waals surface area contributed by atoms with Gasteiger partial charge in [0.1, 0.15) is 23.5 Å². The molecule has 1 aromatic heterocycles. The van der Waals surface area contributed by atoms with Crippen LogP contribution < -0.4 is 10.1 Å². The van der Waals surface area contributed by atoms with Gasteiger partial charge in [-0.25, -0.2) is 4.98 Å². The van der Waals surface area contributed by atoms with Gasteiger partial charge in [0, 0.05) is 18.1 Å². The van der Waals surface area contributed by atoms with Gasteiger partial charge in [0.25, 0.3) is 0 Å².